The smallest absolute Gasteiger partial charge is 1.00 e. The molecular formula is C8H6KNO3. The van der Waals surface area contributed by atoms with Gasteiger partial charge in [-0.15, -0.1) is 5.06 Å². The van der Waals surface area contributed by atoms with Crippen LogP contribution in [0.1, 0.15) is 22.1 Å². The number of carbonyl (C=O) groups excluding carboxylic acids is 2. The summed E-state index contributed by atoms with van der Waals surface area (Å²) < 4.78 is 0. The summed E-state index contributed by atoms with van der Waals surface area (Å²) in [6.45, 7) is 0. The molecule has 0 spiro atoms. The maximum Gasteiger partial charge on any atom is 1.00 e. The van der Waals surface area contributed by atoms with E-state index in [0.29, 0.717) is 0 Å². The second kappa shape index (κ2) is 3.99. The third kappa shape index (κ3) is 1.63. The minimum Gasteiger partial charge on any atom is -1.00 e. The van der Waals surface area contributed by atoms with E-state index in [4.69, 9.17) is 5.21 Å². The summed E-state index contributed by atoms with van der Waals surface area (Å²) in [5.74, 6) is -1.31. The number of benzene rings is 1. The maximum absolute atomic E-state index is 11.1. The fraction of sp³-hybridized carbons (Fsp3) is 0. The number of rotatable bonds is 0. The normalized spacial score (nSPS) is 14.1. The van der Waals surface area contributed by atoms with Crippen molar-refractivity contribution < 1.29 is 67.6 Å². The predicted molar refractivity (Wildman–Crippen MR) is 39.8 cm³/mol. The van der Waals surface area contributed by atoms with Crippen molar-refractivity contribution in [3.05, 3.63) is 35.4 Å². The first-order valence-corrected chi connectivity index (χ1v) is 3.38. The third-order valence-electron chi connectivity index (χ3n) is 1.77. The first-order chi connectivity index (χ1) is 5.72. The summed E-state index contributed by atoms with van der Waals surface area (Å²) in [5.41, 5.74) is 0.509. The topological polar surface area (TPSA) is 57.6 Å². The van der Waals surface area contributed by atoms with Gasteiger partial charge < -0.3 is 1.43 Å². The molecule has 0 saturated heterocycles. The van der Waals surface area contributed by atoms with Crippen molar-refractivity contribution in [3.8, 4) is 0 Å². The van der Waals surface area contributed by atoms with E-state index in [-0.39, 0.29) is 69.0 Å². The average Bonchev–Trinajstić information content (AvgIpc) is 2.33. The SMILES string of the molecule is O=C1c2ccccc2C(=O)N1O.[H-].[K+]. The molecule has 0 atom stereocenters. The van der Waals surface area contributed by atoms with E-state index in [1.54, 1.807) is 12.1 Å². The fourth-order valence-corrected chi connectivity index (χ4v) is 1.18. The van der Waals surface area contributed by atoms with Gasteiger partial charge in [0.05, 0.1) is 11.1 Å². The van der Waals surface area contributed by atoms with Gasteiger partial charge >= 0.3 is 51.4 Å². The quantitative estimate of drug-likeness (QED) is 0.295. The minimum absolute atomic E-state index is 0. The Bertz CT molecular complexity index is 348. The second-order valence-electron chi connectivity index (χ2n) is 2.47. The predicted octanol–water partition coefficient (Wildman–Crippen LogP) is -2.21. The zero-order valence-electron chi connectivity index (χ0n) is 8.02. The number of carbonyl (C=O) groups is 2. The zero-order chi connectivity index (χ0) is 8.72. The number of hydrogen-bond acceptors (Lipinski definition) is 3. The van der Waals surface area contributed by atoms with Crippen LogP contribution in [0.2, 0.25) is 0 Å². The summed E-state index contributed by atoms with van der Waals surface area (Å²) in [6, 6.07) is 6.30. The van der Waals surface area contributed by atoms with Gasteiger partial charge in [-0.2, -0.15) is 0 Å². The number of hydrogen-bond donors (Lipinski definition) is 1. The molecule has 1 aromatic carbocycles. The Morgan fingerprint density at radius 1 is 1.08 bits per heavy atom. The minimum atomic E-state index is -0.657. The van der Waals surface area contributed by atoms with Gasteiger partial charge in [0.25, 0.3) is 11.8 Å². The molecule has 1 N–H and O–H groups in total. The van der Waals surface area contributed by atoms with Gasteiger partial charge in [0.1, 0.15) is 0 Å². The van der Waals surface area contributed by atoms with E-state index >= 15 is 0 Å². The Labute approximate surface area is 118 Å². The number of hydroxylamine groups is 2. The molecule has 1 aliphatic rings. The fourth-order valence-electron chi connectivity index (χ4n) is 1.18. The van der Waals surface area contributed by atoms with Gasteiger partial charge in [-0.1, -0.05) is 12.1 Å². The van der Waals surface area contributed by atoms with Gasteiger partial charge in [-0.05, 0) is 12.1 Å². The molecule has 0 aromatic heterocycles. The Morgan fingerprint density at radius 3 is 1.85 bits per heavy atom. The molecule has 1 aromatic rings. The Balaban J connectivity index is 0.000000845. The standard InChI is InChI=1S/C8H5NO3.K.H/c10-7-5-3-1-2-4-6(5)8(11)9(7)12;;/h1-4,12H;;/q;+1;-1. The van der Waals surface area contributed by atoms with Gasteiger partial charge in [0.15, 0.2) is 0 Å². The Morgan fingerprint density at radius 2 is 1.46 bits per heavy atom. The maximum atomic E-state index is 11.1. The first kappa shape index (κ1) is 11.0. The number of imide groups is 1. The number of nitrogens with zero attached hydrogens (tertiary/aromatic N) is 1. The van der Waals surface area contributed by atoms with Crippen LogP contribution < -0.4 is 51.4 Å². The molecule has 62 valence electrons. The van der Waals surface area contributed by atoms with E-state index in [0.717, 1.165) is 0 Å². The van der Waals surface area contributed by atoms with Gasteiger partial charge in [0.2, 0.25) is 0 Å². The third-order valence-corrected chi connectivity index (χ3v) is 1.77. The average molecular weight is 203 g/mol. The van der Waals surface area contributed by atoms with Crippen LogP contribution in [0.5, 0.6) is 0 Å². The molecule has 4 nitrogen and oxygen atoms in total. The summed E-state index contributed by atoms with van der Waals surface area (Å²) in [5, 5.41) is 9.05. The summed E-state index contributed by atoms with van der Waals surface area (Å²) in [6.07, 6.45) is 0. The van der Waals surface area contributed by atoms with Crippen molar-refractivity contribution >= 4 is 11.8 Å². The molecule has 5 heteroatoms. The molecule has 0 radical (unpaired) electrons. The van der Waals surface area contributed by atoms with Crippen LogP contribution in [-0.4, -0.2) is 22.1 Å². The van der Waals surface area contributed by atoms with E-state index in [1.165, 1.54) is 12.1 Å². The molecule has 1 aliphatic heterocycles. The van der Waals surface area contributed by atoms with E-state index in [1.807, 2.05) is 0 Å². The van der Waals surface area contributed by atoms with Crippen LogP contribution in [-0.2, 0) is 0 Å². The van der Waals surface area contributed by atoms with Gasteiger partial charge in [0, 0.05) is 0 Å². The van der Waals surface area contributed by atoms with Crippen LogP contribution in [0.3, 0.4) is 0 Å². The molecule has 13 heavy (non-hydrogen) atoms. The van der Waals surface area contributed by atoms with Crippen molar-refractivity contribution in [2.75, 3.05) is 0 Å². The van der Waals surface area contributed by atoms with Gasteiger partial charge in [-0.3, -0.25) is 14.8 Å². The Kier molecular flexibility index (Phi) is 3.39. The number of amides is 2. The van der Waals surface area contributed by atoms with E-state index in [9.17, 15) is 9.59 Å². The van der Waals surface area contributed by atoms with Crippen molar-refractivity contribution in [2.45, 2.75) is 0 Å². The van der Waals surface area contributed by atoms with Crippen molar-refractivity contribution in [1.29, 1.82) is 0 Å². The molecule has 2 rings (SSSR count). The van der Waals surface area contributed by atoms with E-state index in [2.05, 4.69) is 0 Å². The first-order valence-electron chi connectivity index (χ1n) is 3.38. The monoisotopic (exact) mass is 203 g/mol. The summed E-state index contributed by atoms with van der Waals surface area (Å²) in [4.78, 5) is 22.1. The van der Waals surface area contributed by atoms with E-state index < -0.39 is 11.8 Å². The molecule has 0 bridgehead atoms. The van der Waals surface area contributed by atoms with Crippen molar-refractivity contribution in [1.82, 2.24) is 5.06 Å². The van der Waals surface area contributed by atoms with Crippen LogP contribution in [0.25, 0.3) is 0 Å². The number of fused-ring (bicyclic) bond motifs is 1. The molecular weight excluding hydrogens is 197 g/mol. The molecule has 0 aliphatic carbocycles. The van der Waals surface area contributed by atoms with Crippen molar-refractivity contribution in [3.63, 3.8) is 0 Å². The van der Waals surface area contributed by atoms with Crippen LogP contribution in [0, 0.1) is 0 Å². The summed E-state index contributed by atoms with van der Waals surface area (Å²) in [7, 11) is 0. The largest absolute Gasteiger partial charge is 1.00 e. The molecule has 0 fully saturated rings. The van der Waals surface area contributed by atoms with Crippen LogP contribution >= 0.6 is 0 Å². The molecule has 1 heterocycles. The summed E-state index contributed by atoms with van der Waals surface area (Å²) >= 11 is 0. The van der Waals surface area contributed by atoms with Crippen LogP contribution in [0.15, 0.2) is 24.3 Å². The second-order valence-corrected chi connectivity index (χ2v) is 2.47. The zero-order valence-corrected chi connectivity index (χ0v) is 10.1. The van der Waals surface area contributed by atoms with Crippen molar-refractivity contribution in [2.24, 2.45) is 0 Å². The Hall–Kier alpha value is -0.0436. The molecule has 0 saturated carbocycles. The molecule has 0 unspecified atom stereocenters. The molecule has 2 amide bonds. The van der Waals surface area contributed by atoms with Gasteiger partial charge in [-0.25, -0.2) is 0 Å². The van der Waals surface area contributed by atoms with Crippen LogP contribution in [0.4, 0.5) is 0 Å².